The second-order valence-corrected chi connectivity index (χ2v) is 6.18. The minimum atomic E-state index is -0.424. The maximum absolute atomic E-state index is 12.9. The number of hydrogen-bond donors (Lipinski definition) is 1. The third-order valence-corrected chi connectivity index (χ3v) is 3.87. The molecule has 0 radical (unpaired) electrons. The van der Waals surface area contributed by atoms with Gasteiger partial charge in [0.05, 0.1) is 0 Å². The first-order valence-electron chi connectivity index (χ1n) is 8.18. The van der Waals surface area contributed by atoms with Gasteiger partial charge in [0.25, 0.3) is 5.91 Å². The Balaban J connectivity index is 1.72. The van der Waals surface area contributed by atoms with Crippen molar-refractivity contribution in [2.24, 2.45) is 0 Å². The lowest BCUT2D eigenvalue weighted by Crippen LogP contribution is -2.20. The van der Waals surface area contributed by atoms with Gasteiger partial charge < -0.3 is 14.5 Å². The zero-order valence-corrected chi connectivity index (χ0v) is 14.4. The first kappa shape index (κ1) is 17.7. The van der Waals surface area contributed by atoms with Gasteiger partial charge in [-0.05, 0) is 47.9 Å². The molecule has 2 aromatic carbocycles. The van der Waals surface area contributed by atoms with Gasteiger partial charge in [-0.1, -0.05) is 13.8 Å². The van der Waals surface area contributed by atoms with Crippen LogP contribution >= 0.6 is 0 Å². The topological polar surface area (TPSA) is 68.5 Å². The summed E-state index contributed by atoms with van der Waals surface area (Å²) >= 11 is 0. The molecule has 1 aromatic heterocycles. The largest absolute Gasteiger partial charge is 0.484 e. The van der Waals surface area contributed by atoms with E-state index < -0.39 is 5.63 Å². The van der Waals surface area contributed by atoms with E-state index in [1.165, 1.54) is 30.3 Å². The van der Waals surface area contributed by atoms with Crippen LogP contribution in [0.15, 0.2) is 57.7 Å². The number of fused-ring (bicyclic) bond motifs is 1. The average Bonchev–Trinajstić information content (AvgIpc) is 2.60. The Morgan fingerprint density at radius 2 is 1.88 bits per heavy atom. The lowest BCUT2D eigenvalue weighted by Gasteiger charge is -2.11. The molecule has 0 spiro atoms. The van der Waals surface area contributed by atoms with Gasteiger partial charge in [0.15, 0.2) is 6.61 Å². The van der Waals surface area contributed by atoms with Crippen LogP contribution in [-0.2, 0) is 4.79 Å². The summed E-state index contributed by atoms with van der Waals surface area (Å²) in [6.07, 6.45) is 0. The maximum Gasteiger partial charge on any atom is 0.336 e. The predicted molar refractivity (Wildman–Crippen MR) is 97.1 cm³/mol. The number of amides is 1. The van der Waals surface area contributed by atoms with Crippen LogP contribution in [0.1, 0.15) is 25.3 Å². The second-order valence-electron chi connectivity index (χ2n) is 6.18. The Kier molecular flexibility index (Phi) is 5.02. The summed E-state index contributed by atoms with van der Waals surface area (Å²) in [5.74, 6) is -0.169. The van der Waals surface area contributed by atoms with Crippen LogP contribution in [0.4, 0.5) is 10.1 Å². The Morgan fingerprint density at radius 1 is 1.15 bits per heavy atom. The summed E-state index contributed by atoms with van der Waals surface area (Å²) in [7, 11) is 0. The molecule has 26 heavy (non-hydrogen) atoms. The number of rotatable bonds is 5. The summed E-state index contributed by atoms with van der Waals surface area (Å²) in [6.45, 7) is 3.77. The standard InChI is InChI=1S/C20H18FNO4/c1-12(2)17-10-20(24)26-18-9-15(7-8-16(17)18)25-11-19(23)22-14-5-3-13(21)4-6-14/h3-10,12H,11H2,1-2H3,(H,22,23). The van der Waals surface area contributed by atoms with Crippen molar-refractivity contribution in [3.63, 3.8) is 0 Å². The van der Waals surface area contributed by atoms with Crippen molar-refractivity contribution in [3.05, 3.63) is 70.3 Å². The van der Waals surface area contributed by atoms with Crippen LogP contribution in [0.2, 0.25) is 0 Å². The average molecular weight is 355 g/mol. The van der Waals surface area contributed by atoms with Gasteiger partial charge in [-0.15, -0.1) is 0 Å². The molecule has 6 heteroatoms. The van der Waals surface area contributed by atoms with Crippen LogP contribution in [0, 0.1) is 5.82 Å². The Morgan fingerprint density at radius 3 is 2.58 bits per heavy atom. The van der Waals surface area contributed by atoms with E-state index in [4.69, 9.17) is 9.15 Å². The number of ether oxygens (including phenoxy) is 1. The molecule has 1 amide bonds. The van der Waals surface area contributed by atoms with Gasteiger partial charge in [0.1, 0.15) is 17.1 Å². The zero-order valence-electron chi connectivity index (χ0n) is 14.4. The normalized spacial score (nSPS) is 10.9. The third-order valence-electron chi connectivity index (χ3n) is 3.87. The van der Waals surface area contributed by atoms with Crippen LogP contribution in [0.5, 0.6) is 5.75 Å². The molecular weight excluding hydrogens is 337 g/mol. The number of halogens is 1. The number of anilines is 1. The molecule has 0 bridgehead atoms. The van der Waals surface area contributed by atoms with Gasteiger partial charge in [-0.25, -0.2) is 9.18 Å². The third kappa shape index (κ3) is 4.08. The predicted octanol–water partition coefficient (Wildman–Crippen LogP) is 4.07. The van der Waals surface area contributed by atoms with Gasteiger partial charge in [-0.2, -0.15) is 0 Å². The fraction of sp³-hybridized carbons (Fsp3) is 0.200. The van der Waals surface area contributed by atoms with Gasteiger partial charge >= 0.3 is 5.63 Å². The van der Waals surface area contributed by atoms with E-state index in [-0.39, 0.29) is 24.2 Å². The fourth-order valence-corrected chi connectivity index (χ4v) is 2.61. The minimum absolute atomic E-state index is 0.176. The molecule has 3 rings (SSSR count). The molecule has 0 atom stereocenters. The number of hydrogen-bond acceptors (Lipinski definition) is 4. The van der Waals surface area contributed by atoms with Gasteiger partial charge in [0, 0.05) is 23.2 Å². The van der Waals surface area contributed by atoms with E-state index in [1.807, 2.05) is 13.8 Å². The van der Waals surface area contributed by atoms with Crippen molar-refractivity contribution in [1.82, 2.24) is 0 Å². The van der Waals surface area contributed by atoms with Gasteiger partial charge in [0.2, 0.25) is 0 Å². The molecule has 0 aliphatic rings. The quantitative estimate of drug-likeness (QED) is 0.701. The molecule has 0 saturated heterocycles. The van der Waals surface area contributed by atoms with Crippen LogP contribution in [0.25, 0.3) is 11.0 Å². The molecule has 0 aliphatic heterocycles. The lowest BCUT2D eigenvalue weighted by molar-refractivity contribution is -0.118. The first-order chi connectivity index (χ1) is 12.4. The van der Waals surface area contributed by atoms with E-state index in [9.17, 15) is 14.0 Å². The molecule has 0 fully saturated rings. The van der Waals surface area contributed by atoms with E-state index in [0.29, 0.717) is 17.0 Å². The minimum Gasteiger partial charge on any atom is -0.484 e. The van der Waals surface area contributed by atoms with E-state index in [2.05, 4.69) is 5.32 Å². The van der Waals surface area contributed by atoms with Crippen molar-refractivity contribution in [1.29, 1.82) is 0 Å². The van der Waals surface area contributed by atoms with Crippen molar-refractivity contribution < 1.29 is 18.3 Å². The van der Waals surface area contributed by atoms with Crippen LogP contribution in [0.3, 0.4) is 0 Å². The van der Waals surface area contributed by atoms with Crippen molar-refractivity contribution in [2.75, 3.05) is 11.9 Å². The highest BCUT2D eigenvalue weighted by Crippen LogP contribution is 2.27. The second kappa shape index (κ2) is 7.39. The van der Waals surface area contributed by atoms with Crippen molar-refractivity contribution in [3.8, 4) is 5.75 Å². The van der Waals surface area contributed by atoms with Crippen LogP contribution < -0.4 is 15.7 Å². The van der Waals surface area contributed by atoms with Crippen LogP contribution in [-0.4, -0.2) is 12.5 Å². The maximum atomic E-state index is 12.9. The number of benzene rings is 2. The van der Waals surface area contributed by atoms with Crippen molar-refractivity contribution in [2.45, 2.75) is 19.8 Å². The molecular formula is C20H18FNO4. The molecule has 3 aromatic rings. The lowest BCUT2D eigenvalue weighted by atomic mass is 10.00. The molecule has 5 nitrogen and oxygen atoms in total. The summed E-state index contributed by atoms with van der Waals surface area (Å²) in [5, 5.41) is 3.44. The summed E-state index contributed by atoms with van der Waals surface area (Å²) < 4.78 is 23.6. The molecule has 0 unspecified atom stereocenters. The fourth-order valence-electron chi connectivity index (χ4n) is 2.61. The molecule has 0 saturated carbocycles. The highest BCUT2D eigenvalue weighted by Gasteiger charge is 2.11. The van der Waals surface area contributed by atoms with E-state index in [0.717, 1.165) is 10.9 Å². The van der Waals surface area contributed by atoms with E-state index in [1.54, 1.807) is 18.2 Å². The highest BCUT2D eigenvalue weighted by molar-refractivity contribution is 5.92. The molecule has 134 valence electrons. The molecule has 1 N–H and O–H groups in total. The summed E-state index contributed by atoms with van der Waals surface area (Å²) in [6, 6.07) is 12.1. The summed E-state index contributed by atoms with van der Waals surface area (Å²) in [4.78, 5) is 23.6. The van der Waals surface area contributed by atoms with E-state index >= 15 is 0 Å². The van der Waals surface area contributed by atoms with Crippen molar-refractivity contribution >= 4 is 22.6 Å². The SMILES string of the molecule is CC(C)c1cc(=O)oc2cc(OCC(=O)Nc3ccc(F)cc3)ccc12. The monoisotopic (exact) mass is 355 g/mol. The Hall–Kier alpha value is -3.15. The first-order valence-corrected chi connectivity index (χ1v) is 8.18. The number of carbonyl (C=O) groups excluding carboxylic acids is 1. The Labute approximate surface area is 149 Å². The summed E-state index contributed by atoms with van der Waals surface area (Å²) in [5.41, 5.74) is 1.37. The number of nitrogens with one attached hydrogen (secondary N) is 1. The Bertz CT molecular complexity index is 993. The smallest absolute Gasteiger partial charge is 0.336 e. The highest BCUT2D eigenvalue weighted by atomic mass is 19.1. The molecule has 0 aliphatic carbocycles. The number of carbonyl (C=O) groups is 1. The zero-order chi connectivity index (χ0) is 18.7. The molecule has 1 heterocycles. The van der Waals surface area contributed by atoms with Gasteiger partial charge in [-0.3, -0.25) is 4.79 Å².